The van der Waals surface area contributed by atoms with E-state index in [9.17, 15) is 29.1 Å². The molecule has 14 heteroatoms. The van der Waals surface area contributed by atoms with Crippen molar-refractivity contribution in [3.63, 3.8) is 0 Å². The van der Waals surface area contributed by atoms with Crippen molar-refractivity contribution in [2.45, 2.75) is 57.3 Å². The average Bonchev–Trinajstić information content (AvgIpc) is 3.55. The Morgan fingerprint density at radius 3 is 2.25 bits per heavy atom. The second kappa shape index (κ2) is 13.4. The van der Waals surface area contributed by atoms with E-state index >= 15 is 0 Å². The number of nitrogens with one attached hydrogen (secondary N) is 5. The third-order valence-electron chi connectivity index (χ3n) is 6.33. The maximum Gasteiger partial charge on any atom is 0.326 e. The van der Waals surface area contributed by atoms with Gasteiger partial charge in [0.2, 0.25) is 23.6 Å². The molecule has 0 aliphatic rings. The fourth-order valence-corrected chi connectivity index (χ4v) is 4.18. The molecule has 0 aliphatic heterocycles. The number of nitrogens with zero attached hydrogens (tertiary/aromatic N) is 1. The molecule has 3 aromatic rings. The number of nitrogens with two attached hydrogens (primary N) is 2. The molecule has 1 aromatic carbocycles. The number of fused-ring (bicyclic) bond motifs is 1. The number of aromatic amines is 2. The summed E-state index contributed by atoms with van der Waals surface area (Å²) in [5, 5.41) is 17.8. The lowest BCUT2D eigenvalue weighted by Gasteiger charge is -2.25. The van der Waals surface area contributed by atoms with Crippen molar-refractivity contribution in [2.24, 2.45) is 17.4 Å². The largest absolute Gasteiger partial charge is 0.480 e. The number of primary amides is 1. The second-order valence-corrected chi connectivity index (χ2v) is 9.81. The van der Waals surface area contributed by atoms with E-state index in [0.29, 0.717) is 11.3 Å². The Balaban J connectivity index is 1.82. The van der Waals surface area contributed by atoms with Gasteiger partial charge in [0.15, 0.2) is 0 Å². The van der Waals surface area contributed by atoms with E-state index in [0.717, 1.165) is 10.9 Å². The quantitative estimate of drug-likeness (QED) is 0.124. The van der Waals surface area contributed by atoms with Crippen LogP contribution in [0, 0.1) is 5.92 Å². The smallest absolute Gasteiger partial charge is 0.326 e. The van der Waals surface area contributed by atoms with Gasteiger partial charge in [-0.05, 0) is 17.5 Å². The molecule has 0 spiro atoms. The van der Waals surface area contributed by atoms with Gasteiger partial charge < -0.3 is 42.5 Å². The molecule has 4 amide bonds. The molecule has 0 aliphatic carbocycles. The van der Waals surface area contributed by atoms with Gasteiger partial charge in [0, 0.05) is 41.8 Å². The summed E-state index contributed by atoms with van der Waals surface area (Å²) in [6.07, 6.45) is 4.13. The maximum atomic E-state index is 13.3. The van der Waals surface area contributed by atoms with Crippen molar-refractivity contribution < 1.29 is 29.1 Å². The first kappa shape index (κ1) is 29.8. The Bertz CT molecular complexity index is 1350. The number of amides is 4. The van der Waals surface area contributed by atoms with Gasteiger partial charge in [-0.15, -0.1) is 0 Å². The number of hydrogen-bond acceptors (Lipinski definition) is 7. The Kier molecular flexibility index (Phi) is 9.97. The van der Waals surface area contributed by atoms with Gasteiger partial charge in [0.05, 0.1) is 18.8 Å². The van der Waals surface area contributed by atoms with Gasteiger partial charge in [-0.3, -0.25) is 19.2 Å². The first-order valence-corrected chi connectivity index (χ1v) is 12.7. The van der Waals surface area contributed by atoms with Crippen LogP contribution in [0.1, 0.15) is 31.5 Å². The molecule has 4 atom stereocenters. The fraction of sp³-hybridized carbons (Fsp3) is 0.385. The summed E-state index contributed by atoms with van der Waals surface area (Å²) in [6.45, 7) is 3.27. The van der Waals surface area contributed by atoms with E-state index in [2.05, 4.69) is 30.9 Å². The molecule has 40 heavy (non-hydrogen) atoms. The number of aliphatic carboxylic acids is 1. The fourth-order valence-electron chi connectivity index (χ4n) is 4.18. The van der Waals surface area contributed by atoms with Crippen LogP contribution in [0.25, 0.3) is 10.9 Å². The van der Waals surface area contributed by atoms with Crippen molar-refractivity contribution in [1.82, 2.24) is 30.9 Å². The van der Waals surface area contributed by atoms with Crippen molar-refractivity contribution in [2.75, 3.05) is 0 Å². The van der Waals surface area contributed by atoms with Gasteiger partial charge in [-0.2, -0.15) is 0 Å². The molecule has 2 aromatic heterocycles. The molecule has 214 valence electrons. The Morgan fingerprint density at radius 2 is 1.62 bits per heavy atom. The number of hydrogen-bond donors (Lipinski definition) is 8. The number of aromatic nitrogens is 3. The predicted octanol–water partition coefficient (Wildman–Crippen LogP) is -0.926. The number of carbonyl (C=O) groups is 5. The lowest BCUT2D eigenvalue weighted by Crippen LogP contribution is -2.58. The molecule has 4 unspecified atom stereocenters. The average molecular weight is 555 g/mol. The van der Waals surface area contributed by atoms with Crippen LogP contribution in [0.4, 0.5) is 0 Å². The number of imidazole rings is 1. The Labute approximate surface area is 229 Å². The van der Waals surface area contributed by atoms with Gasteiger partial charge in [-0.1, -0.05) is 32.0 Å². The predicted molar refractivity (Wildman–Crippen MR) is 144 cm³/mol. The summed E-state index contributed by atoms with van der Waals surface area (Å²) >= 11 is 0. The van der Waals surface area contributed by atoms with Crippen molar-refractivity contribution in [1.29, 1.82) is 0 Å². The van der Waals surface area contributed by atoms with Crippen LogP contribution in [-0.2, 0) is 36.8 Å². The summed E-state index contributed by atoms with van der Waals surface area (Å²) in [5.41, 5.74) is 13.4. The first-order valence-electron chi connectivity index (χ1n) is 12.7. The Morgan fingerprint density at radius 1 is 0.950 bits per heavy atom. The van der Waals surface area contributed by atoms with Crippen molar-refractivity contribution in [3.8, 4) is 0 Å². The first-order chi connectivity index (χ1) is 19.0. The third kappa shape index (κ3) is 7.89. The van der Waals surface area contributed by atoms with Crippen LogP contribution in [0.15, 0.2) is 43.0 Å². The van der Waals surface area contributed by atoms with Gasteiger partial charge in [0.25, 0.3) is 0 Å². The number of carboxylic acid groups (broad SMARTS) is 1. The minimum atomic E-state index is -1.43. The molecule has 0 saturated carbocycles. The lowest BCUT2D eigenvalue weighted by atomic mass is 10.0. The van der Waals surface area contributed by atoms with E-state index in [-0.39, 0.29) is 12.8 Å². The number of benzene rings is 1. The molecule has 3 rings (SSSR count). The molecule has 0 bridgehead atoms. The van der Waals surface area contributed by atoms with Crippen molar-refractivity contribution in [3.05, 3.63) is 54.2 Å². The van der Waals surface area contributed by atoms with Crippen LogP contribution < -0.4 is 27.4 Å². The van der Waals surface area contributed by atoms with Crippen LogP contribution in [0.5, 0.6) is 0 Å². The molecular weight excluding hydrogens is 520 g/mol. The number of carbonyl (C=O) groups excluding carboxylic acids is 4. The highest BCUT2D eigenvalue weighted by atomic mass is 16.4. The van der Waals surface area contributed by atoms with Crippen LogP contribution >= 0.6 is 0 Å². The molecule has 0 fully saturated rings. The zero-order chi connectivity index (χ0) is 29.4. The molecule has 10 N–H and O–H groups in total. The maximum absolute atomic E-state index is 13.3. The number of rotatable bonds is 14. The molecule has 2 heterocycles. The summed E-state index contributed by atoms with van der Waals surface area (Å²) in [4.78, 5) is 72.6. The van der Waals surface area contributed by atoms with Gasteiger partial charge in [-0.25, -0.2) is 9.78 Å². The number of carboxylic acids is 1. The number of H-pyrrole nitrogens is 2. The zero-order valence-corrected chi connectivity index (χ0v) is 22.1. The van der Waals surface area contributed by atoms with E-state index in [1.807, 2.05) is 24.3 Å². The summed E-state index contributed by atoms with van der Waals surface area (Å²) < 4.78 is 0. The number of para-hydroxylation sites is 1. The van der Waals surface area contributed by atoms with E-state index < -0.39 is 66.1 Å². The monoisotopic (exact) mass is 554 g/mol. The third-order valence-corrected chi connectivity index (χ3v) is 6.33. The lowest BCUT2D eigenvalue weighted by molar-refractivity contribution is -0.143. The van der Waals surface area contributed by atoms with E-state index in [1.165, 1.54) is 12.5 Å². The van der Waals surface area contributed by atoms with Crippen LogP contribution in [0.3, 0.4) is 0 Å². The summed E-state index contributed by atoms with van der Waals surface area (Å²) in [7, 11) is 0. The minimum absolute atomic E-state index is 0.0113. The highest BCUT2D eigenvalue weighted by molar-refractivity contribution is 5.96. The standard InChI is InChI=1S/C26H34N8O6/c1-13(2)22(26(39)40)34-25(38)19(7-14-10-30-18-6-4-3-5-16(14)18)33-24(37)20(9-21(28)35)32-23(36)17(27)8-15-11-29-12-31-15/h3-6,10-13,17,19-20,22,30H,7-9,27H2,1-2H3,(H2,28,35)(H,29,31)(H,32,36)(H,33,37)(H,34,38)(H,39,40). The molecule has 0 saturated heterocycles. The van der Waals surface area contributed by atoms with E-state index in [1.54, 1.807) is 20.0 Å². The Hall–Kier alpha value is -4.72. The van der Waals surface area contributed by atoms with Crippen LogP contribution in [-0.4, -0.2) is 73.8 Å². The molecule has 14 nitrogen and oxygen atoms in total. The highest BCUT2D eigenvalue weighted by Gasteiger charge is 2.32. The highest BCUT2D eigenvalue weighted by Crippen LogP contribution is 2.19. The molecular formula is C26H34N8O6. The summed E-state index contributed by atoms with van der Waals surface area (Å²) in [5.74, 6) is -4.88. The molecule has 0 radical (unpaired) electrons. The van der Waals surface area contributed by atoms with Crippen LogP contribution in [0.2, 0.25) is 0 Å². The topological polar surface area (TPSA) is 238 Å². The van der Waals surface area contributed by atoms with E-state index in [4.69, 9.17) is 11.5 Å². The summed E-state index contributed by atoms with van der Waals surface area (Å²) in [6, 6.07) is 2.36. The second-order valence-electron chi connectivity index (χ2n) is 9.81. The van der Waals surface area contributed by atoms with Gasteiger partial charge in [0.1, 0.15) is 18.1 Å². The van der Waals surface area contributed by atoms with Crippen molar-refractivity contribution >= 4 is 40.5 Å². The van der Waals surface area contributed by atoms with Gasteiger partial charge >= 0.3 is 5.97 Å². The normalized spacial score (nSPS) is 14.2. The minimum Gasteiger partial charge on any atom is -0.480 e. The zero-order valence-electron chi connectivity index (χ0n) is 22.1. The SMILES string of the molecule is CC(C)C(NC(=O)C(Cc1c[nH]c2ccccc12)NC(=O)C(CC(N)=O)NC(=O)C(N)Cc1cnc[nH]1)C(=O)O.